The van der Waals surface area contributed by atoms with Gasteiger partial charge in [-0.3, -0.25) is 4.79 Å². The molecule has 0 spiro atoms. The smallest absolute Gasteiger partial charge is 0.165 e. The summed E-state index contributed by atoms with van der Waals surface area (Å²) >= 11 is 3.17. The molecule has 0 saturated heterocycles. The van der Waals surface area contributed by atoms with Gasteiger partial charge in [-0.1, -0.05) is 22.9 Å². The quantitative estimate of drug-likeness (QED) is 0.776. The molecule has 0 fully saturated rings. The summed E-state index contributed by atoms with van der Waals surface area (Å²) in [7, 11) is 1.59. The molecule has 0 aliphatic carbocycles. The van der Waals surface area contributed by atoms with E-state index in [2.05, 4.69) is 15.9 Å². The average Bonchev–Trinajstić information content (AvgIpc) is 2.23. The summed E-state index contributed by atoms with van der Waals surface area (Å²) in [4.78, 5) is 11.9. The number of halogens is 2. The number of rotatable bonds is 5. The van der Waals surface area contributed by atoms with Crippen molar-refractivity contribution in [2.24, 2.45) is 5.92 Å². The van der Waals surface area contributed by atoms with Gasteiger partial charge in [0.1, 0.15) is 5.82 Å². The maximum Gasteiger partial charge on any atom is 0.165 e. The Morgan fingerprint density at radius 2 is 2.19 bits per heavy atom. The fraction of sp³-hybridized carbons (Fsp3) is 0.417. The summed E-state index contributed by atoms with van der Waals surface area (Å²) < 4.78 is 18.6. The first-order valence-electron chi connectivity index (χ1n) is 5.04. The van der Waals surface area contributed by atoms with E-state index in [-0.39, 0.29) is 11.7 Å². The van der Waals surface area contributed by atoms with E-state index in [9.17, 15) is 9.18 Å². The van der Waals surface area contributed by atoms with E-state index in [0.717, 1.165) is 0 Å². The van der Waals surface area contributed by atoms with Gasteiger partial charge in [-0.15, -0.1) is 0 Å². The predicted octanol–water partition coefficient (Wildman–Crippen LogP) is 3.44. The van der Waals surface area contributed by atoms with Crippen LogP contribution in [0.3, 0.4) is 0 Å². The molecule has 1 atom stereocenters. The fourth-order valence-corrected chi connectivity index (χ4v) is 1.87. The van der Waals surface area contributed by atoms with Crippen LogP contribution in [0.2, 0.25) is 0 Å². The van der Waals surface area contributed by atoms with E-state index in [1.807, 2.05) is 6.92 Å². The number of ether oxygens (including phenoxy) is 1. The topological polar surface area (TPSA) is 26.3 Å². The molecule has 0 saturated carbocycles. The van der Waals surface area contributed by atoms with Crippen molar-refractivity contribution in [1.29, 1.82) is 0 Å². The first-order chi connectivity index (χ1) is 7.54. The summed E-state index contributed by atoms with van der Waals surface area (Å²) in [5.74, 6) is -0.623. The lowest BCUT2D eigenvalue weighted by atomic mass is 9.97. The minimum absolute atomic E-state index is 0.0581. The molecule has 4 heteroatoms. The normalized spacial score (nSPS) is 12.5. The Labute approximate surface area is 103 Å². The highest BCUT2D eigenvalue weighted by Gasteiger charge is 2.16. The van der Waals surface area contributed by atoms with Crippen LogP contribution in [-0.2, 0) is 4.74 Å². The van der Waals surface area contributed by atoms with Crippen molar-refractivity contribution in [3.63, 3.8) is 0 Å². The summed E-state index contributed by atoms with van der Waals surface area (Å²) in [6.45, 7) is 2.35. The number of Topliss-reactive ketones (excluding diaryl/α,β-unsaturated/α-hetero) is 1. The lowest BCUT2D eigenvalue weighted by Gasteiger charge is -2.10. The molecule has 0 amide bonds. The van der Waals surface area contributed by atoms with Gasteiger partial charge in [-0.05, 0) is 24.6 Å². The van der Waals surface area contributed by atoms with Gasteiger partial charge in [0.2, 0.25) is 0 Å². The highest BCUT2D eigenvalue weighted by molar-refractivity contribution is 9.10. The van der Waals surface area contributed by atoms with Gasteiger partial charge in [0, 0.05) is 29.7 Å². The third-order valence-electron chi connectivity index (χ3n) is 2.35. The molecule has 16 heavy (non-hydrogen) atoms. The number of hydrogen-bond acceptors (Lipinski definition) is 2. The third-order valence-corrected chi connectivity index (χ3v) is 2.81. The molecule has 0 aliphatic rings. The van der Waals surface area contributed by atoms with Crippen molar-refractivity contribution in [2.75, 3.05) is 13.7 Å². The zero-order valence-corrected chi connectivity index (χ0v) is 10.9. The molecule has 0 bridgehead atoms. The number of benzene rings is 1. The van der Waals surface area contributed by atoms with E-state index in [4.69, 9.17) is 4.74 Å². The van der Waals surface area contributed by atoms with Crippen molar-refractivity contribution in [3.8, 4) is 0 Å². The van der Waals surface area contributed by atoms with Crippen molar-refractivity contribution in [2.45, 2.75) is 13.3 Å². The van der Waals surface area contributed by atoms with Crippen molar-refractivity contribution in [1.82, 2.24) is 0 Å². The van der Waals surface area contributed by atoms with Crippen LogP contribution in [0.25, 0.3) is 0 Å². The molecule has 0 aromatic heterocycles. The molecule has 88 valence electrons. The van der Waals surface area contributed by atoms with Gasteiger partial charge < -0.3 is 4.74 Å². The van der Waals surface area contributed by atoms with Gasteiger partial charge >= 0.3 is 0 Å². The first-order valence-corrected chi connectivity index (χ1v) is 5.83. The Hall–Kier alpha value is -0.740. The molecule has 0 heterocycles. The fourth-order valence-electron chi connectivity index (χ4n) is 1.41. The standard InChI is InChI=1S/C12H14BrFO2/c1-8(3-4-16-2)12(15)9-5-10(13)7-11(14)6-9/h5-8H,3-4H2,1-2H3. The Kier molecular flexibility index (Phi) is 5.09. The van der Waals surface area contributed by atoms with Crippen LogP contribution >= 0.6 is 15.9 Å². The second-order valence-electron chi connectivity index (χ2n) is 3.70. The number of ketones is 1. The SMILES string of the molecule is COCCC(C)C(=O)c1cc(F)cc(Br)c1. The van der Waals surface area contributed by atoms with E-state index in [1.54, 1.807) is 13.2 Å². The second-order valence-corrected chi connectivity index (χ2v) is 4.62. The van der Waals surface area contributed by atoms with E-state index < -0.39 is 5.82 Å². The van der Waals surface area contributed by atoms with Crippen LogP contribution in [0.4, 0.5) is 4.39 Å². The molecule has 2 nitrogen and oxygen atoms in total. The van der Waals surface area contributed by atoms with Crippen LogP contribution in [0.5, 0.6) is 0 Å². The van der Waals surface area contributed by atoms with Crippen molar-refractivity contribution >= 4 is 21.7 Å². The monoisotopic (exact) mass is 288 g/mol. The highest BCUT2D eigenvalue weighted by Crippen LogP contribution is 2.19. The number of carbonyl (C=O) groups excluding carboxylic acids is 1. The summed E-state index contributed by atoms with van der Waals surface area (Å²) in [6.07, 6.45) is 0.642. The lowest BCUT2D eigenvalue weighted by molar-refractivity contribution is 0.0893. The third kappa shape index (κ3) is 3.68. The minimum Gasteiger partial charge on any atom is -0.385 e. The molecule has 0 radical (unpaired) electrons. The van der Waals surface area contributed by atoms with Crippen LogP contribution in [-0.4, -0.2) is 19.5 Å². The largest absolute Gasteiger partial charge is 0.385 e. The Bertz CT molecular complexity index is 359. The summed E-state index contributed by atoms with van der Waals surface area (Å²) in [5, 5.41) is 0. The van der Waals surface area contributed by atoms with E-state index >= 15 is 0 Å². The van der Waals surface area contributed by atoms with Gasteiger partial charge in [0.15, 0.2) is 5.78 Å². The minimum atomic E-state index is -0.406. The molecular formula is C12H14BrFO2. The molecule has 1 aromatic rings. The Balaban J connectivity index is 2.79. The van der Waals surface area contributed by atoms with E-state index in [0.29, 0.717) is 23.1 Å². The summed E-state index contributed by atoms with van der Waals surface area (Å²) in [6, 6.07) is 4.22. The van der Waals surface area contributed by atoms with Crippen molar-refractivity contribution in [3.05, 3.63) is 34.1 Å². The Morgan fingerprint density at radius 3 is 2.75 bits per heavy atom. The lowest BCUT2D eigenvalue weighted by Crippen LogP contribution is -2.13. The molecular weight excluding hydrogens is 275 g/mol. The van der Waals surface area contributed by atoms with Gasteiger partial charge in [-0.2, -0.15) is 0 Å². The highest BCUT2D eigenvalue weighted by atomic mass is 79.9. The first kappa shape index (κ1) is 13.3. The van der Waals surface area contributed by atoms with Crippen LogP contribution < -0.4 is 0 Å². The van der Waals surface area contributed by atoms with Crippen LogP contribution in [0.15, 0.2) is 22.7 Å². The number of methoxy groups -OCH3 is 1. The summed E-state index contributed by atoms with van der Waals surface area (Å²) in [5.41, 5.74) is 0.399. The molecule has 1 rings (SSSR count). The molecule has 0 aliphatic heterocycles. The maximum atomic E-state index is 13.1. The number of hydrogen-bond donors (Lipinski definition) is 0. The van der Waals surface area contributed by atoms with Crippen LogP contribution in [0.1, 0.15) is 23.7 Å². The van der Waals surface area contributed by atoms with Gasteiger partial charge in [0.05, 0.1) is 0 Å². The zero-order chi connectivity index (χ0) is 12.1. The second kappa shape index (κ2) is 6.11. The van der Waals surface area contributed by atoms with E-state index in [1.165, 1.54) is 12.1 Å². The molecule has 0 N–H and O–H groups in total. The molecule has 1 aromatic carbocycles. The molecule has 1 unspecified atom stereocenters. The Morgan fingerprint density at radius 1 is 1.50 bits per heavy atom. The van der Waals surface area contributed by atoms with Gasteiger partial charge in [-0.25, -0.2) is 4.39 Å². The van der Waals surface area contributed by atoms with Crippen LogP contribution in [0, 0.1) is 11.7 Å². The average molecular weight is 289 g/mol. The van der Waals surface area contributed by atoms with Crippen molar-refractivity contribution < 1.29 is 13.9 Å². The number of carbonyl (C=O) groups is 1. The maximum absolute atomic E-state index is 13.1. The predicted molar refractivity (Wildman–Crippen MR) is 64.1 cm³/mol. The zero-order valence-electron chi connectivity index (χ0n) is 9.30. The van der Waals surface area contributed by atoms with Gasteiger partial charge in [0.25, 0.3) is 0 Å².